The number of carbonyl (C=O) groups excluding carboxylic acids is 1. The van der Waals surface area contributed by atoms with Gasteiger partial charge in [0.1, 0.15) is 0 Å². The van der Waals surface area contributed by atoms with Crippen LogP contribution in [0.25, 0.3) is 5.65 Å². The minimum atomic E-state index is -0.0219. The van der Waals surface area contributed by atoms with E-state index in [0.29, 0.717) is 43.4 Å². The molecule has 0 N–H and O–H groups in total. The van der Waals surface area contributed by atoms with Crippen molar-refractivity contribution in [1.29, 1.82) is 0 Å². The van der Waals surface area contributed by atoms with E-state index < -0.39 is 0 Å². The number of hydrogen-bond donors (Lipinski definition) is 0. The van der Waals surface area contributed by atoms with Gasteiger partial charge in [0, 0.05) is 42.9 Å². The predicted octanol–water partition coefficient (Wildman–Crippen LogP) is 3.03. The maximum Gasteiger partial charge on any atom is 0.254 e. The van der Waals surface area contributed by atoms with Gasteiger partial charge in [0.05, 0.1) is 24.6 Å². The predicted molar refractivity (Wildman–Crippen MR) is 105 cm³/mol. The van der Waals surface area contributed by atoms with Gasteiger partial charge in [-0.3, -0.25) is 4.79 Å². The summed E-state index contributed by atoms with van der Waals surface area (Å²) in [6.45, 7) is 8.02. The zero-order valence-electron chi connectivity index (χ0n) is 16.4. The van der Waals surface area contributed by atoms with Gasteiger partial charge in [-0.15, -0.1) is 0 Å². The Balaban J connectivity index is 1.59. The summed E-state index contributed by atoms with van der Waals surface area (Å²) in [5.74, 6) is 1.24. The molecule has 0 radical (unpaired) electrons. The van der Waals surface area contributed by atoms with Gasteiger partial charge in [0.2, 0.25) is 0 Å². The molecule has 28 heavy (non-hydrogen) atoms. The third-order valence-electron chi connectivity index (χ3n) is 4.85. The molecular weight excluding hydrogens is 356 g/mol. The van der Waals surface area contributed by atoms with Crippen molar-refractivity contribution in [2.24, 2.45) is 0 Å². The second-order valence-electron chi connectivity index (χ2n) is 6.79. The van der Waals surface area contributed by atoms with E-state index in [0.717, 1.165) is 29.0 Å². The maximum atomic E-state index is 13.1. The largest absolute Gasteiger partial charge is 0.490 e. The molecule has 0 saturated carbocycles. The van der Waals surface area contributed by atoms with Gasteiger partial charge in [-0.2, -0.15) is 5.10 Å². The molecule has 146 valence electrons. The molecule has 3 heterocycles. The van der Waals surface area contributed by atoms with Gasteiger partial charge in [-0.25, -0.2) is 9.50 Å². The van der Waals surface area contributed by atoms with Crippen LogP contribution in [0.5, 0.6) is 11.5 Å². The Morgan fingerprint density at radius 3 is 2.71 bits per heavy atom. The van der Waals surface area contributed by atoms with Crippen LogP contribution in [0.2, 0.25) is 0 Å². The Morgan fingerprint density at radius 2 is 1.93 bits per heavy atom. The summed E-state index contributed by atoms with van der Waals surface area (Å²) in [6, 6.07) is 7.33. The van der Waals surface area contributed by atoms with Gasteiger partial charge < -0.3 is 14.4 Å². The summed E-state index contributed by atoms with van der Waals surface area (Å²) in [5.41, 5.74) is 4.55. The van der Waals surface area contributed by atoms with Crippen LogP contribution >= 0.6 is 0 Å². The van der Waals surface area contributed by atoms with E-state index in [2.05, 4.69) is 10.1 Å². The number of rotatable bonds is 5. The number of amides is 1. The number of carbonyl (C=O) groups is 1. The number of benzene rings is 1. The monoisotopic (exact) mass is 380 g/mol. The fraction of sp³-hybridized carbons (Fsp3) is 0.381. The highest BCUT2D eigenvalue weighted by Gasteiger charge is 2.25. The molecule has 0 aliphatic carbocycles. The highest BCUT2D eigenvalue weighted by atomic mass is 16.5. The van der Waals surface area contributed by atoms with Crippen molar-refractivity contribution in [3.8, 4) is 11.5 Å². The SMILES string of the molecule is CCOc1ccc(C(=O)N2CCc3c(cnc4cc(C)nn34)C2)cc1OCC. The van der Waals surface area contributed by atoms with Crippen LogP contribution in [0.4, 0.5) is 0 Å². The Hall–Kier alpha value is -3.09. The van der Waals surface area contributed by atoms with Crippen LogP contribution in [0.1, 0.15) is 41.2 Å². The Morgan fingerprint density at radius 1 is 1.14 bits per heavy atom. The smallest absolute Gasteiger partial charge is 0.254 e. The minimum absolute atomic E-state index is 0.0219. The van der Waals surface area contributed by atoms with E-state index in [9.17, 15) is 4.79 Å². The summed E-state index contributed by atoms with van der Waals surface area (Å²) in [7, 11) is 0. The highest BCUT2D eigenvalue weighted by molar-refractivity contribution is 5.95. The lowest BCUT2D eigenvalue weighted by molar-refractivity contribution is 0.0732. The summed E-state index contributed by atoms with van der Waals surface area (Å²) in [4.78, 5) is 19.4. The van der Waals surface area contributed by atoms with Crippen LogP contribution in [-0.2, 0) is 13.0 Å². The Bertz CT molecular complexity index is 1030. The molecule has 3 aromatic rings. The molecule has 0 spiro atoms. The normalized spacial score (nSPS) is 13.5. The summed E-state index contributed by atoms with van der Waals surface area (Å²) >= 11 is 0. The van der Waals surface area contributed by atoms with Gasteiger partial charge in [0.15, 0.2) is 17.1 Å². The van der Waals surface area contributed by atoms with Gasteiger partial charge >= 0.3 is 0 Å². The molecule has 0 unspecified atom stereocenters. The molecule has 0 fully saturated rings. The van der Waals surface area contributed by atoms with Crippen LogP contribution in [0.15, 0.2) is 30.5 Å². The Labute approximate surface area is 163 Å². The Kier molecular flexibility index (Phi) is 4.90. The fourth-order valence-electron chi connectivity index (χ4n) is 3.60. The van der Waals surface area contributed by atoms with Crippen molar-refractivity contribution in [1.82, 2.24) is 19.5 Å². The second-order valence-corrected chi connectivity index (χ2v) is 6.79. The van der Waals surface area contributed by atoms with Crippen molar-refractivity contribution >= 4 is 11.6 Å². The first-order valence-electron chi connectivity index (χ1n) is 9.62. The van der Waals surface area contributed by atoms with Gasteiger partial charge in [-0.1, -0.05) is 0 Å². The van der Waals surface area contributed by atoms with E-state index >= 15 is 0 Å². The van der Waals surface area contributed by atoms with E-state index in [4.69, 9.17) is 9.47 Å². The molecule has 4 rings (SSSR count). The first-order chi connectivity index (χ1) is 13.6. The third-order valence-corrected chi connectivity index (χ3v) is 4.85. The number of hydrogen-bond acceptors (Lipinski definition) is 5. The summed E-state index contributed by atoms with van der Waals surface area (Å²) in [5, 5.41) is 4.53. The average Bonchev–Trinajstić information content (AvgIpc) is 3.09. The van der Waals surface area contributed by atoms with Crippen molar-refractivity contribution in [3.05, 3.63) is 53.0 Å². The lowest BCUT2D eigenvalue weighted by Gasteiger charge is -2.29. The molecule has 7 nitrogen and oxygen atoms in total. The molecule has 0 atom stereocenters. The minimum Gasteiger partial charge on any atom is -0.490 e. The van der Waals surface area contributed by atoms with E-state index in [-0.39, 0.29) is 5.91 Å². The molecule has 0 saturated heterocycles. The molecule has 2 aromatic heterocycles. The number of ether oxygens (including phenoxy) is 2. The quantitative estimate of drug-likeness (QED) is 0.681. The fourth-order valence-corrected chi connectivity index (χ4v) is 3.60. The molecule has 0 bridgehead atoms. The first kappa shape index (κ1) is 18.3. The number of nitrogens with zero attached hydrogens (tertiary/aromatic N) is 4. The van der Waals surface area contributed by atoms with E-state index in [1.165, 1.54) is 0 Å². The van der Waals surface area contributed by atoms with Crippen molar-refractivity contribution in [3.63, 3.8) is 0 Å². The van der Waals surface area contributed by atoms with E-state index in [1.807, 2.05) is 42.4 Å². The van der Waals surface area contributed by atoms with Crippen molar-refractivity contribution in [2.75, 3.05) is 19.8 Å². The zero-order chi connectivity index (χ0) is 19.7. The first-order valence-corrected chi connectivity index (χ1v) is 9.62. The van der Waals surface area contributed by atoms with Crippen molar-refractivity contribution in [2.45, 2.75) is 33.7 Å². The number of aromatic nitrogens is 3. The molecule has 1 aliphatic heterocycles. The topological polar surface area (TPSA) is 69.0 Å². The molecule has 1 aliphatic rings. The molecule has 7 heteroatoms. The van der Waals surface area contributed by atoms with Crippen molar-refractivity contribution < 1.29 is 14.3 Å². The maximum absolute atomic E-state index is 13.1. The molecule has 1 amide bonds. The third kappa shape index (κ3) is 3.28. The standard InChI is InChI=1S/C21H24N4O3/c1-4-27-18-7-6-15(11-19(18)28-5-2)21(26)24-9-8-17-16(13-24)12-22-20-10-14(3)23-25(17)20/h6-7,10-12H,4-5,8-9,13H2,1-3H3. The zero-order valence-corrected chi connectivity index (χ0v) is 16.4. The van der Waals surface area contributed by atoms with Crippen LogP contribution in [0.3, 0.4) is 0 Å². The summed E-state index contributed by atoms with van der Waals surface area (Å²) < 4.78 is 13.1. The molecular formula is C21H24N4O3. The van der Waals surface area contributed by atoms with Gasteiger partial charge in [0.25, 0.3) is 5.91 Å². The lowest BCUT2D eigenvalue weighted by Crippen LogP contribution is -2.37. The summed E-state index contributed by atoms with van der Waals surface area (Å²) in [6.07, 6.45) is 2.60. The lowest BCUT2D eigenvalue weighted by atomic mass is 10.1. The van der Waals surface area contributed by atoms with Crippen LogP contribution < -0.4 is 9.47 Å². The van der Waals surface area contributed by atoms with E-state index in [1.54, 1.807) is 18.2 Å². The highest BCUT2D eigenvalue weighted by Crippen LogP contribution is 2.30. The van der Waals surface area contributed by atoms with Gasteiger partial charge in [-0.05, 0) is 39.0 Å². The second kappa shape index (κ2) is 7.50. The van der Waals surface area contributed by atoms with Crippen LogP contribution in [-0.4, -0.2) is 45.2 Å². The molecule has 1 aromatic carbocycles. The number of fused-ring (bicyclic) bond motifs is 3. The van der Waals surface area contributed by atoms with Crippen LogP contribution in [0, 0.1) is 6.92 Å². The number of aryl methyl sites for hydroxylation is 1. The average molecular weight is 380 g/mol.